The van der Waals surface area contributed by atoms with Crippen molar-refractivity contribution in [3.63, 3.8) is 0 Å². The molecule has 1 atom stereocenters. The zero-order valence-corrected chi connectivity index (χ0v) is 11.5. The summed E-state index contributed by atoms with van der Waals surface area (Å²) in [4.78, 5) is 13.5. The van der Waals surface area contributed by atoms with E-state index >= 15 is 0 Å². The summed E-state index contributed by atoms with van der Waals surface area (Å²) >= 11 is 0. The molecule has 1 heterocycles. The monoisotopic (exact) mass is 241 g/mol. The molecule has 0 radical (unpaired) electrons. The summed E-state index contributed by atoms with van der Waals surface area (Å²) < 4.78 is 0. The van der Waals surface area contributed by atoms with Crippen molar-refractivity contribution in [2.24, 2.45) is 5.41 Å². The smallest absolute Gasteiger partial charge is 0.309 e. The Morgan fingerprint density at radius 3 is 2.71 bits per heavy atom. The summed E-state index contributed by atoms with van der Waals surface area (Å²) in [6, 6.07) is 0.672. The van der Waals surface area contributed by atoms with Gasteiger partial charge in [0.2, 0.25) is 0 Å². The number of rotatable bonds is 5. The quantitative estimate of drug-likeness (QED) is 0.804. The van der Waals surface area contributed by atoms with Crippen LogP contribution in [0.15, 0.2) is 0 Å². The van der Waals surface area contributed by atoms with Gasteiger partial charge in [0, 0.05) is 6.04 Å². The van der Waals surface area contributed by atoms with Gasteiger partial charge in [0.1, 0.15) is 0 Å². The summed E-state index contributed by atoms with van der Waals surface area (Å²) in [6.45, 7) is 8.18. The molecule has 1 fully saturated rings. The highest BCUT2D eigenvalue weighted by Gasteiger charge is 2.27. The summed E-state index contributed by atoms with van der Waals surface area (Å²) in [5, 5.41) is 9.06. The predicted octanol–water partition coefficient (Wildman–Crippen LogP) is 3.14. The summed E-state index contributed by atoms with van der Waals surface area (Å²) in [6.07, 6.45) is 7.05. The third kappa shape index (κ3) is 4.66. The zero-order chi connectivity index (χ0) is 12.9. The van der Waals surface area contributed by atoms with Crippen LogP contribution in [0.2, 0.25) is 0 Å². The normalized spacial score (nSPS) is 23.4. The van der Waals surface area contributed by atoms with Crippen LogP contribution in [-0.2, 0) is 4.79 Å². The Balaban J connectivity index is 2.32. The first-order chi connectivity index (χ1) is 7.93. The molecule has 0 aromatic rings. The number of hydrogen-bond acceptors (Lipinski definition) is 2. The van der Waals surface area contributed by atoms with Crippen LogP contribution in [0.1, 0.15) is 59.3 Å². The maximum absolute atomic E-state index is 11.0. The first kappa shape index (κ1) is 14.5. The second-order valence-corrected chi connectivity index (χ2v) is 6.03. The number of carboxylic acids is 1. The minimum Gasteiger partial charge on any atom is -0.481 e. The van der Waals surface area contributed by atoms with Gasteiger partial charge in [-0.1, -0.05) is 12.8 Å². The van der Waals surface area contributed by atoms with E-state index < -0.39 is 11.4 Å². The van der Waals surface area contributed by atoms with E-state index in [1.165, 1.54) is 32.2 Å². The molecule has 0 saturated carbocycles. The minimum absolute atomic E-state index is 0.574. The van der Waals surface area contributed by atoms with Gasteiger partial charge in [-0.05, 0) is 59.5 Å². The molecule has 3 nitrogen and oxygen atoms in total. The summed E-state index contributed by atoms with van der Waals surface area (Å²) in [5.74, 6) is -0.679. The second kappa shape index (κ2) is 6.39. The Morgan fingerprint density at radius 1 is 1.35 bits per heavy atom. The molecule has 0 aromatic heterocycles. The van der Waals surface area contributed by atoms with Crippen LogP contribution in [0, 0.1) is 5.41 Å². The van der Waals surface area contributed by atoms with E-state index in [0.717, 1.165) is 19.4 Å². The van der Waals surface area contributed by atoms with Crippen molar-refractivity contribution in [1.82, 2.24) is 4.90 Å². The average Bonchev–Trinajstić information content (AvgIpc) is 2.44. The number of carboxylic acid groups (broad SMARTS) is 1. The fraction of sp³-hybridized carbons (Fsp3) is 0.929. The summed E-state index contributed by atoms with van der Waals surface area (Å²) in [5.41, 5.74) is -0.574. The average molecular weight is 241 g/mol. The third-order valence-corrected chi connectivity index (χ3v) is 4.02. The van der Waals surface area contributed by atoms with Gasteiger partial charge in [-0.2, -0.15) is 0 Å². The van der Waals surface area contributed by atoms with Gasteiger partial charge in [0.15, 0.2) is 0 Å². The molecule has 0 spiro atoms. The molecular weight excluding hydrogens is 214 g/mol. The molecule has 0 bridgehead atoms. The maximum atomic E-state index is 11.0. The Hall–Kier alpha value is -0.570. The predicted molar refractivity (Wildman–Crippen MR) is 70.2 cm³/mol. The van der Waals surface area contributed by atoms with Crippen molar-refractivity contribution in [1.29, 1.82) is 0 Å². The Kier molecular flexibility index (Phi) is 5.44. The number of aliphatic carboxylic acids is 1. The van der Waals surface area contributed by atoms with Crippen molar-refractivity contribution in [2.45, 2.75) is 65.3 Å². The molecule has 1 aliphatic rings. The number of hydrogen-bond donors (Lipinski definition) is 1. The van der Waals surface area contributed by atoms with Gasteiger partial charge < -0.3 is 10.0 Å². The molecule has 1 rings (SSSR count). The fourth-order valence-electron chi connectivity index (χ4n) is 2.50. The molecule has 1 aliphatic heterocycles. The van der Waals surface area contributed by atoms with Crippen molar-refractivity contribution >= 4 is 5.97 Å². The van der Waals surface area contributed by atoms with Gasteiger partial charge in [0.05, 0.1) is 5.41 Å². The lowest BCUT2D eigenvalue weighted by Crippen LogP contribution is -2.34. The lowest BCUT2D eigenvalue weighted by atomic mass is 9.88. The number of carbonyl (C=O) groups is 1. The van der Waals surface area contributed by atoms with E-state index in [1.54, 1.807) is 0 Å². The van der Waals surface area contributed by atoms with Gasteiger partial charge in [-0.15, -0.1) is 0 Å². The van der Waals surface area contributed by atoms with Crippen LogP contribution >= 0.6 is 0 Å². The lowest BCUT2D eigenvalue weighted by molar-refractivity contribution is -0.147. The highest BCUT2D eigenvalue weighted by atomic mass is 16.4. The second-order valence-electron chi connectivity index (χ2n) is 6.03. The fourth-order valence-corrected chi connectivity index (χ4v) is 2.50. The molecule has 17 heavy (non-hydrogen) atoms. The molecule has 100 valence electrons. The largest absolute Gasteiger partial charge is 0.481 e. The van der Waals surface area contributed by atoms with E-state index in [9.17, 15) is 4.79 Å². The zero-order valence-electron chi connectivity index (χ0n) is 11.5. The van der Waals surface area contributed by atoms with Crippen LogP contribution in [-0.4, -0.2) is 35.1 Å². The van der Waals surface area contributed by atoms with Crippen molar-refractivity contribution < 1.29 is 9.90 Å². The van der Waals surface area contributed by atoms with Crippen LogP contribution in [0.5, 0.6) is 0 Å². The SMILES string of the molecule is CC1CCCCCN1CCCC(C)(C)C(=O)O. The topological polar surface area (TPSA) is 40.5 Å². The Bertz CT molecular complexity index is 251. The van der Waals surface area contributed by atoms with E-state index in [1.807, 2.05) is 13.8 Å². The Morgan fingerprint density at radius 2 is 2.06 bits per heavy atom. The van der Waals surface area contributed by atoms with Crippen LogP contribution in [0.3, 0.4) is 0 Å². The first-order valence-electron chi connectivity index (χ1n) is 6.91. The minimum atomic E-state index is -0.679. The first-order valence-corrected chi connectivity index (χ1v) is 6.91. The van der Waals surface area contributed by atoms with Crippen molar-refractivity contribution in [3.8, 4) is 0 Å². The molecule has 0 aromatic carbocycles. The molecule has 3 heteroatoms. The molecule has 1 unspecified atom stereocenters. The molecule has 0 aliphatic carbocycles. The van der Waals surface area contributed by atoms with E-state index in [0.29, 0.717) is 6.04 Å². The highest BCUT2D eigenvalue weighted by Crippen LogP contribution is 2.24. The van der Waals surface area contributed by atoms with Crippen LogP contribution in [0.4, 0.5) is 0 Å². The van der Waals surface area contributed by atoms with Crippen LogP contribution < -0.4 is 0 Å². The number of likely N-dealkylation sites (tertiary alicyclic amines) is 1. The molecule has 1 saturated heterocycles. The molecule has 0 amide bonds. The maximum Gasteiger partial charge on any atom is 0.309 e. The van der Waals surface area contributed by atoms with Crippen molar-refractivity contribution in [3.05, 3.63) is 0 Å². The van der Waals surface area contributed by atoms with Gasteiger partial charge in [0.25, 0.3) is 0 Å². The van der Waals surface area contributed by atoms with Crippen molar-refractivity contribution in [2.75, 3.05) is 13.1 Å². The van der Waals surface area contributed by atoms with E-state index in [-0.39, 0.29) is 0 Å². The molecule has 1 N–H and O–H groups in total. The van der Waals surface area contributed by atoms with Crippen LogP contribution in [0.25, 0.3) is 0 Å². The lowest BCUT2D eigenvalue weighted by Gasteiger charge is -2.28. The van der Waals surface area contributed by atoms with Gasteiger partial charge >= 0.3 is 5.97 Å². The standard InChI is InChI=1S/C14H27NO2/c1-12-8-5-4-6-10-15(12)11-7-9-14(2,3)13(16)17/h12H,4-11H2,1-3H3,(H,16,17). The summed E-state index contributed by atoms with van der Waals surface area (Å²) in [7, 11) is 0. The van der Waals surface area contributed by atoms with Gasteiger partial charge in [-0.25, -0.2) is 0 Å². The van der Waals surface area contributed by atoms with E-state index in [4.69, 9.17) is 5.11 Å². The van der Waals surface area contributed by atoms with Gasteiger partial charge in [-0.3, -0.25) is 4.79 Å². The third-order valence-electron chi connectivity index (χ3n) is 4.02. The van der Waals surface area contributed by atoms with E-state index in [2.05, 4.69) is 11.8 Å². The Labute approximate surface area is 105 Å². The number of nitrogens with zero attached hydrogens (tertiary/aromatic N) is 1. The molecular formula is C14H27NO2. The highest BCUT2D eigenvalue weighted by molar-refractivity contribution is 5.73.